The van der Waals surface area contributed by atoms with E-state index in [0.29, 0.717) is 0 Å². The van der Waals surface area contributed by atoms with Crippen molar-refractivity contribution in [2.45, 2.75) is 26.7 Å². The van der Waals surface area contributed by atoms with Gasteiger partial charge in [-0.2, -0.15) is 0 Å². The minimum absolute atomic E-state index is 0.175. The molecule has 0 saturated carbocycles. The number of nitro groups is 1. The van der Waals surface area contributed by atoms with Crippen LogP contribution in [0.2, 0.25) is 0 Å². The Morgan fingerprint density at radius 1 is 1.53 bits per heavy atom. The number of carbonyl (C=O) groups is 1. The van der Waals surface area contributed by atoms with E-state index in [1.165, 1.54) is 0 Å². The largest absolute Gasteiger partial charge is 0.462 e. The second kappa shape index (κ2) is 6.82. The molecule has 0 spiro atoms. The third-order valence-electron chi connectivity index (χ3n) is 2.66. The maximum Gasteiger partial charge on any atom is 0.341 e. The van der Waals surface area contributed by atoms with Crippen LogP contribution in [-0.4, -0.2) is 17.5 Å². The van der Waals surface area contributed by atoms with Gasteiger partial charge in [0.2, 0.25) is 0 Å². The van der Waals surface area contributed by atoms with E-state index >= 15 is 0 Å². The van der Waals surface area contributed by atoms with Crippen molar-refractivity contribution in [3.63, 3.8) is 0 Å². The van der Waals surface area contributed by atoms with E-state index in [2.05, 4.69) is 0 Å². The molecule has 0 bridgehead atoms. The number of rotatable bonds is 6. The number of benzene rings is 1. The second-order valence-electron chi connectivity index (χ2n) is 4.41. The summed E-state index contributed by atoms with van der Waals surface area (Å²) < 4.78 is 18.4. The van der Waals surface area contributed by atoms with E-state index < -0.39 is 22.3 Å². The smallest absolute Gasteiger partial charge is 0.341 e. The summed E-state index contributed by atoms with van der Waals surface area (Å²) in [4.78, 5) is 21.5. The van der Waals surface area contributed by atoms with E-state index in [9.17, 15) is 19.3 Å². The van der Waals surface area contributed by atoms with Crippen LogP contribution in [0.5, 0.6) is 0 Å². The zero-order valence-electron chi connectivity index (χ0n) is 10.9. The topological polar surface area (TPSA) is 69.4 Å². The van der Waals surface area contributed by atoms with Crippen LogP contribution in [0, 0.1) is 21.8 Å². The third-order valence-corrected chi connectivity index (χ3v) is 2.66. The number of non-ortho nitro benzene ring substituents is 1. The molecule has 1 atom stereocenters. The Morgan fingerprint density at radius 3 is 2.79 bits per heavy atom. The maximum atomic E-state index is 13.4. The molecule has 19 heavy (non-hydrogen) atoms. The van der Waals surface area contributed by atoms with Crippen molar-refractivity contribution in [3.05, 3.63) is 39.7 Å². The lowest BCUT2D eigenvalue weighted by atomic mass is 10.1. The Labute approximate surface area is 110 Å². The fourth-order valence-corrected chi connectivity index (χ4v) is 1.66. The second-order valence-corrected chi connectivity index (χ2v) is 4.41. The number of halogens is 1. The fraction of sp³-hybridized carbons (Fsp3) is 0.462. The van der Waals surface area contributed by atoms with Crippen molar-refractivity contribution in [1.82, 2.24) is 0 Å². The highest BCUT2D eigenvalue weighted by Crippen LogP contribution is 2.18. The normalized spacial score (nSPS) is 11.9. The number of hydrogen-bond acceptors (Lipinski definition) is 4. The standard InChI is InChI=1S/C13H16FNO4/c1-3-4-9(2)8-19-13(16)11-7-10(15(17)18)5-6-12(11)14/h5-7,9H,3-4,8H2,1-2H3. The first-order valence-electron chi connectivity index (χ1n) is 6.06. The molecule has 1 aromatic rings. The molecule has 0 heterocycles. The number of nitrogens with zero attached hydrogens (tertiary/aromatic N) is 1. The number of nitro benzene ring substituents is 1. The molecule has 0 amide bonds. The monoisotopic (exact) mass is 269 g/mol. The van der Waals surface area contributed by atoms with Crippen LogP contribution in [0.1, 0.15) is 37.0 Å². The SMILES string of the molecule is CCCC(C)COC(=O)c1cc([N+](=O)[O-])ccc1F. The minimum Gasteiger partial charge on any atom is -0.462 e. The predicted octanol–water partition coefficient (Wildman–Crippen LogP) is 3.33. The summed E-state index contributed by atoms with van der Waals surface area (Å²) in [5.74, 6) is -1.52. The molecule has 0 aliphatic rings. The first-order chi connectivity index (χ1) is 8.95. The summed E-state index contributed by atoms with van der Waals surface area (Å²) >= 11 is 0. The lowest BCUT2D eigenvalue weighted by Gasteiger charge is -2.11. The van der Waals surface area contributed by atoms with Gasteiger partial charge in [-0.05, 0) is 18.4 Å². The van der Waals surface area contributed by atoms with Crippen LogP contribution in [0.15, 0.2) is 18.2 Å². The zero-order chi connectivity index (χ0) is 14.4. The van der Waals surface area contributed by atoms with Gasteiger partial charge >= 0.3 is 5.97 Å². The van der Waals surface area contributed by atoms with Crippen LogP contribution in [0.25, 0.3) is 0 Å². The highest BCUT2D eigenvalue weighted by molar-refractivity contribution is 5.90. The Morgan fingerprint density at radius 2 is 2.21 bits per heavy atom. The molecule has 0 N–H and O–H groups in total. The van der Waals surface area contributed by atoms with Crippen LogP contribution in [-0.2, 0) is 4.74 Å². The number of carbonyl (C=O) groups excluding carboxylic acids is 1. The van der Waals surface area contributed by atoms with Crippen LogP contribution < -0.4 is 0 Å². The lowest BCUT2D eigenvalue weighted by Crippen LogP contribution is -2.13. The highest BCUT2D eigenvalue weighted by atomic mass is 19.1. The Kier molecular flexibility index (Phi) is 5.41. The van der Waals surface area contributed by atoms with Gasteiger partial charge in [-0.3, -0.25) is 10.1 Å². The Hall–Kier alpha value is -1.98. The predicted molar refractivity (Wildman–Crippen MR) is 67.4 cm³/mol. The van der Waals surface area contributed by atoms with Crippen LogP contribution in [0.3, 0.4) is 0 Å². The van der Waals surface area contributed by atoms with E-state index in [0.717, 1.165) is 31.0 Å². The van der Waals surface area contributed by atoms with Gasteiger partial charge in [0.1, 0.15) is 11.4 Å². The summed E-state index contributed by atoms with van der Waals surface area (Å²) in [6.45, 7) is 4.11. The average molecular weight is 269 g/mol. The molecule has 5 nitrogen and oxygen atoms in total. The summed E-state index contributed by atoms with van der Waals surface area (Å²) in [7, 11) is 0. The van der Waals surface area contributed by atoms with E-state index in [4.69, 9.17) is 4.74 Å². The average Bonchev–Trinajstić information content (AvgIpc) is 2.36. The van der Waals surface area contributed by atoms with E-state index in [1.54, 1.807) is 0 Å². The molecule has 0 aliphatic carbocycles. The molecule has 1 unspecified atom stereocenters. The molecular weight excluding hydrogens is 253 g/mol. The van der Waals surface area contributed by atoms with Gasteiger partial charge in [-0.15, -0.1) is 0 Å². The highest BCUT2D eigenvalue weighted by Gasteiger charge is 2.18. The quantitative estimate of drug-likeness (QED) is 0.451. The molecule has 6 heteroatoms. The summed E-state index contributed by atoms with van der Waals surface area (Å²) in [6.07, 6.45) is 1.86. The molecule has 0 saturated heterocycles. The van der Waals surface area contributed by atoms with Gasteiger partial charge in [0.25, 0.3) is 5.69 Å². The molecule has 0 aromatic heterocycles. The summed E-state index contributed by atoms with van der Waals surface area (Å²) in [5, 5.41) is 10.6. The first kappa shape index (κ1) is 15.1. The molecule has 0 radical (unpaired) electrons. The van der Waals surface area contributed by atoms with Crippen molar-refractivity contribution in [2.75, 3.05) is 6.61 Å². The van der Waals surface area contributed by atoms with Crippen molar-refractivity contribution >= 4 is 11.7 Å². The molecule has 1 aromatic carbocycles. The zero-order valence-corrected chi connectivity index (χ0v) is 10.9. The van der Waals surface area contributed by atoms with Gasteiger partial charge in [0, 0.05) is 12.1 Å². The maximum absolute atomic E-state index is 13.4. The van der Waals surface area contributed by atoms with Crippen LogP contribution in [0.4, 0.5) is 10.1 Å². The van der Waals surface area contributed by atoms with Crippen molar-refractivity contribution in [1.29, 1.82) is 0 Å². The Bertz CT molecular complexity index is 476. The minimum atomic E-state index is -0.871. The van der Waals surface area contributed by atoms with Crippen LogP contribution >= 0.6 is 0 Å². The first-order valence-corrected chi connectivity index (χ1v) is 6.06. The number of ether oxygens (including phenoxy) is 1. The van der Waals surface area contributed by atoms with Gasteiger partial charge in [0.15, 0.2) is 0 Å². The van der Waals surface area contributed by atoms with Gasteiger partial charge < -0.3 is 4.74 Å². The molecule has 1 rings (SSSR count). The van der Waals surface area contributed by atoms with Gasteiger partial charge in [-0.1, -0.05) is 20.3 Å². The Balaban J connectivity index is 2.76. The molecular formula is C13H16FNO4. The van der Waals surface area contributed by atoms with Crippen molar-refractivity contribution < 1.29 is 18.8 Å². The van der Waals surface area contributed by atoms with E-state index in [-0.39, 0.29) is 18.2 Å². The number of hydrogen-bond donors (Lipinski definition) is 0. The molecule has 104 valence electrons. The van der Waals surface area contributed by atoms with Crippen molar-refractivity contribution in [2.24, 2.45) is 5.92 Å². The summed E-state index contributed by atoms with van der Waals surface area (Å²) in [5.41, 5.74) is -0.743. The molecule has 0 fully saturated rings. The third kappa shape index (κ3) is 4.31. The van der Waals surface area contributed by atoms with Gasteiger partial charge in [0.05, 0.1) is 11.5 Å². The molecule has 0 aliphatic heterocycles. The lowest BCUT2D eigenvalue weighted by molar-refractivity contribution is -0.384. The number of esters is 1. The van der Waals surface area contributed by atoms with Crippen molar-refractivity contribution in [3.8, 4) is 0 Å². The van der Waals surface area contributed by atoms with Gasteiger partial charge in [-0.25, -0.2) is 9.18 Å². The van der Waals surface area contributed by atoms with E-state index in [1.807, 2.05) is 13.8 Å². The fourth-order valence-electron chi connectivity index (χ4n) is 1.66. The summed E-state index contributed by atoms with van der Waals surface area (Å²) in [6, 6.07) is 2.79.